The second-order valence-corrected chi connectivity index (χ2v) is 4.86. The van der Waals surface area contributed by atoms with Crippen molar-refractivity contribution in [2.75, 3.05) is 0 Å². The van der Waals surface area contributed by atoms with Crippen LogP contribution in [0.25, 0.3) is 0 Å². The van der Waals surface area contributed by atoms with Crippen molar-refractivity contribution in [1.29, 1.82) is 0 Å². The molecule has 1 aromatic heterocycles. The third-order valence-electron chi connectivity index (χ3n) is 2.78. The molecule has 1 atom stereocenters. The number of benzene rings is 1. The summed E-state index contributed by atoms with van der Waals surface area (Å²) >= 11 is 5.87. The average Bonchev–Trinajstić information content (AvgIpc) is 2.30. The van der Waals surface area contributed by atoms with Crippen LogP contribution < -0.4 is 5.73 Å². The molecule has 1 aromatic carbocycles. The van der Waals surface area contributed by atoms with E-state index in [9.17, 15) is 0 Å². The standard InChI is InChI=1S/C14H15ClN2/c1-14(16,10-13-4-2-3-9-17-13)11-5-7-12(15)8-6-11/h2-9H,10,16H2,1H3. The summed E-state index contributed by atoms with van der Waals surface area (Å²) in [6.45, 7) is 2.00. The van der Waals surface area contributed by atoms with Crippen molar-refractivity contribution in [3.8, 4) is 0 Å². The predicted octanol–water partition coefficient (Wildman–Crippen LogP) is 3.15. The molecular formula is C14H15ClN2. The summed E-state index contributed by atoms with van der Waals surface area (Å²) in [5.74, 6) is 0. The van der Waals surface area contributed by atoms with Gasteiger partial charge in [-0.1, -0.05) is 29.8 Å². The molecule has 3 heteroatoms. The normalized spacial score (nSPS) is 14.3. The second kappa shape index (κ2) is 4.86. The molecule has 0 aliphatic rings. The van der Waals surface area contributed by atoms with Crippen LogP contribution in [0.2, 0.25) is 5.02 Å². The van der Waals surface area contributed by atoms with Crippen LogP contribution in [0, 0.1) is 0 Å². The maximum atomic E-state index is 6.34. The first-order valence-electron chi connectivity index (χ1n) is 5.53. The number of rotatable bonds is 3. The fraction of sp³-hybridized carbons (Fsp3) is 0.214. The molecule has 2 nitrogen and oxygen atoms in total. The van der Waals surface area contributed by atoms with Gasteiger partial charge in [0.25, 0.3) is 0 Å². The number of hydrogen-bond donors (Lipinski definition) is 1. The maximum Gasteiger partial charge on any atom is 0.0437 e. The summed E-state index contributed by atoms with van der Waals surface area (Å²) in [6.07, 6.45) is 2.49. The van der Waals surface area contributed by atoms with E-state index >= 15 is 0 Å². The van der Waals surface area contributed by atoms with Gasteiger partial charge in [0.1, 0.15) is 0 Å². The highest BCUT2D eigenvalue weighted by atomic mass is 35.5. The Morgan fingerprint density at radius 2 is 1.88 bits per heavy atom. The van der Waals surface area contributed by atoms with Gasteiger partial charge in [-0.2, -0.15) is 0 Å². The van der Waals surface area contributed by atoms with Gasteiger partial charge < -0.3 is 5.73 Å². The van der Waals surface area contributed by atoms with Gasteiger partial charge >= 0.3 is 0 Å². The zero-order valence-corrected chi connectivity index (χ0v) is 10.5. The van der Waals surface area contributed by atoms with Crippen LogP contribution in [0.3, 0.4) is 0 Å². The minimum absolute atomic E-state index is 0.432. The van der Waals surface area contributed by atoms with Crippen molar-refractivity contribution in [3.63, 3.8) is 0 Å². The molecule has 0 aliphatic carbocycles. The molecule has 0 aliphatic heterocycles. The Labute approximate surface area is 106 Å². The van der Waals surface area contributed by atoms with Crippen molar-refractivity contribution in [2.24, 2.45) is 5.73 Å². The lowest BCUT2D eigenvalue weighted by Gasteiger charge is -2.25. The SMILES string of the molecule is CC(N)(Cc1ccccn1)c1ccc(Cl)cc1. The van der Waals surface area contributed by atoms with Gasteiger partial charge in [-0.25, -0.2) is 0 Å². The molecule has 0 saturated heterocycles. The topological polar surface area (TPSA) is 38.9 Å². The van der Waals surface area contributed by atoms with Crippen LogP contribution in [0.4, 0.5) is 0 Å². The van der Waals surface area contributed by atoms with Gasteiger partial charge in [-0.3, -0.25) is 4.98 Å². The second-order valence-electron chi connectivity index (χ2n) is 4.42. The first-order valence-corrected chi connectivity index (χ1v) is 5.90. The van der Waals surface area contributed by atoms with Crippen LogP contribution in [0.5, 0.6) is 0 Å². The van der Waals surface area contributed by atoms with Gasteiger partial charge in [-0.15, -0.1) is 0 Å². The number of nitrogens with two attached hydrogens (primary N) is 1. The highest BCUT2D eigenvalue weighted by Gasteiger charge is 2.21. The summed E-state index contributed by atoms with van der Waals surface area (Å²) in [5, 5.41) is 0.724. The Morgan fingerprint density at radius 1 is 1.18 bits per heavy atom. The molecule has 0 spiro atoms. The molecule has 0 bridgehead atoms. The largest absolute Gasteiger partial charge is 0.321 e. The first-order chi connectivity index (χ1) is 8.08. The van der Waals surface area contributed by atoms with Crippen LogP contribution in [0.15, 0.2) is 48.7 Å². The molecule has 88 valence electrons. The Morgan fingerprint density at radius 3 is 2.47 bits per heavy atom. The van der Waals surface area contributed by atoms with Crippen molar-refractivity contribution >= 4 is 11.6 Å². The minimum Gasteiger partial charge on any atom is -0.321 e. The molecule has 17 heavy (non-hydrogen) atoms. The van der Waals surface area contributed by atoms with E-state index in [-0.39, 0.29) is 0 Å². The number of nitrogens with zero attached hydrogens (tertiary/aromatic N) is 1. The minimum atomic E-state index is -0.432. The van der Waals surface area contributed by atoms with E-state index in [2.05, 4.69) is 4.98 Å². The van der Waals surface area contributed by atoms with Crippen molar-refractivity contribution < 1.29 is 0 Å². The molecule has 1 heterocycles. The third kappa shape index (κ3) is 3.05. The summed E-state index contributed by atoms with van der Waals surface area (Å²) in [7, 11) is 0. The lowest BCUT2D eigenvalue weighted by molar-refractivity contribution is 0.485. The van der Waals surface area contributed by atoms with E-state index in [0.29, 0.717) is 6.42 Å². The van der Waals surface area contributed by atoms with Gasteiger partial charge in [0.2, 0.25) is 0 Å². The van der Waals surface area contributed by atoms with Crippen molar-refractivity contribution in [1.82, 2.24) is 4.98 Å². The number of aromatic nitrogens is 1. The molecule has 1 unspecified atom stereocenters. The smallest absolute Gasteiger partial charge is 0.0437 e. The number of pyridine rings is 1. The fourth-order valence-electron chi connectivity index (χ4n) is 1.81. The Hall–Kier alpha value is -1.38. The molecule has 2 aromatic rings. The Kier molecular flexibility index (Phi) is 3.46. The van der Waals surface area contributed by atoms with E-state index in [4.69, 9.17) is 17.3 Å². The fourth-order valence-corrected chi connectivity index (χ4v) is 1.94. The Bertz CT molecular complexity index is 477. The molecule has 0 saturated carbocycles. The third-order valence-corrected chi connectivity index (χ3v) is 3.03. The summed E-state index contributed by atoms with van der Waals surface area (Å²) in [5.41, 5.74) is 7.96. The summed E-state index contributed by atoms with van der Waals surface area (Å²) < 4.78 is 0. The van der Waals surface area contributed by atoms with Gasteiger partial charge in [-0.05, 0) is 36.8 Å². The van der Waals surface area contributed by atoms with E-state index in [1.165, 1.54) is 0 Å². The van der Waals surface area contributed by atoms with Crippen LogP contribution in [0.1, 0.15) is 18.2 Å². The zero-order chi connectivity index (χ0) is 12.3. The van der Waals surface area contributed by atoms with Crippen LogP contribution in [-0.2, 0) is 12.0 Å². The molecule has 0 amide bonds. The number of hydrogen-bond acceptors (Lipinski definition) is 2. The molecule has 0 fully saturated rings. The van der Waals surface area contributed by atoms with Crippen molar-refractivity contribution in [3.05, 3.63) is 64.9 Å². The lowest BCUT2D eigenvalue weighted by atomic mass is 9.88. The molecular weight excluding hydrogens is 232 g/mol. The van der Waals surface area contributed by atoms with E-state index in [1.807, 2.05) is 49.4 Å². The highest BCUT2D eigenvalue weighted by molar-refractivity contribution is 6.30. The summed E-state index contributed by atoms with van der Waals surface area (Å²) in [4.78, 5) is 4.30. The highest BCUT2D eigenvalue weighted by Crippen LogP contribution is 2.23. The average molecular weight is 247 g/mol. The van der Waals surface area contributed by atoms with E-state index < -0.39 is 5.54 Å². The molecule has 0 radical (unpaired) electrons. The van der Waals surface area contributed by atoms with E-state index in [0.717, 1.165) is 16.3 Å². The van der Waals surface area contributed by atoms with Gasteiger partial charge in [0, 0.05) is 28.9 Å². The van der Waals surface area contributed by atoms with Gasteiger partial charge in [0.15, 0.2) is 0 Å². The van der Waals surface area contributed by atoms with Crippen LogP contribution in [-0.4, -0.2) is 4.98 Å². The van der Waals surface area contributed by atoms with Gasteiger partial charge in [0.05, 0.1) is 0 Å². The lowest BCUT2D eigenvalue weighted by Crippen LogP contribution is -2.35. The zero-order valence-electron chi connectivity index (χ0n) is 9.73. The first kappa shape index (κ1) is 12.1. The maximum absolute atomic E-state index is 6.34. The number of halogens is 1. The van der Waals surface area contributed by atoms with Crippen LogP contribution >= 0.6 is 11.6 Å². The molecule has 2 N–H and O–H groups in total. The summed E-state index contributed by atoms with van der Waals surface area (Å²) in [6, 6.07) is 13.5. The van der Waals surface area contributed by atoms with E-state index in [1.54, 1.807) is 6.20 Å². The monoisotopic (exact) mass is 246 g/mol. The Balaban J connectivity index is 2.21. The van der Waals surface area contributed by atoms with Crippen molar-refractivity contribution in [2.45, 2.75) is 18.9 Å². The predicted molar refractivity (Wildman–Crippen MR) is 70.9 cm³/mol. The quantitative estimate of drug-likeness (QED) is 0.904. The molecule has 2 rings (SSSR count).